The van der Waals surface area contributed by atoms with Gasteiger partial charge in [-0.3, -0.25) is 0 Å². The van der Waals surface area contributed by atoms with E-state index in [1.165, 1.54) is 11.6 Å². The predicted molar refractivity (Wildman–Crippen MR) is 86.2 cm³/mol. The summed E-state index contributed by atoms with van der Waals surface area (Å²) in [5, 5.41) is 3.26. The minimum atomic E-state index is -0.287. The molecule has 110 valence electrons. The Morgan fingerprint density at radius 2 is 2.14 bits per heavy atom. The van der Waals surface area contributed by atoms with E-state index in [1.807, 2.05) is 6.07 Å². The second-order valence-electron chi connectivity index (χ2n) is 5.19. The van der Waals surface area contributed by atoms with E-state index in [1.54, 1.807) is 13.0 Å². The van der Waals surface area contributed by atoms with Crippen LogP contribution in [0.25, 0.3) is 0 Å². The summed E-state index contributed by atoms with van der Waals surface area (Å²) in [7, 11) is 0. The molecule has 1 aliphatic heterocycles. The predicted octanol–water partition coefficient (Wildman–Crippen LogP) is 4.03. The molecule has 0 unspecified atom stereocenters. The van der Waals surface area contributed by atoms with Gasteiger partial charge in [0.05, 0.1) is 18.0 Å². The molecule has 0 fully saturated rings. The summed E-state index contributed by atoms with van der Waals surface area (Å²) in [6, 6.07) is 7.19. The van der Waals surface area contributed by atoms with Gasteiger partial charge in [-0.25, -0.2) is 4.39 Å². The number of nitrogens with two attached hydrogens (primary N) is 1. The second kappa shape index (κ2) is 5.56. The van der Waals surface area contributed by atoms with Crippen LogP contribution in [0.4, 0.5) is 15.8 Å². The standard InChI is InChI=1S/C16H16BrFN2O/c1-9-4-15(14(19)7-13(9)18)20-8-11-6-12(17)5-10-2-3-21-16(10)11/h4-7,20H,2-3,8,19H2,1H3. The first-order valence-electron chi connectivity index (χ1n) is 6.78. The lowest BCUT2D eigenvalue weighted by atomic mass is 10.1. The van der Waals surface area contributed by atoms with Crippen molar-refractivity contribution in [2.45, 2.75) is 19.9 Å². The van der Waals surface area contributed by atoms with Crippen LogP contribution in [0.5, 0.6) is 5.75 Å². The molecule has 0 radical (unpaired) electrons. The van der Waals surface area contributed by atoms with Crippen LogP contribution in [0.3, 0.4) is 0 Å². The molecule has 3 nitrogen and oxygen atoms in total. The summed E-state index contributed by atoms with van der Waals surface area (Å²) in [6.45, 7) is 3.02. The van der Waals surface area contributed by atoms with Gasteiger partial charge in [-0.05, 0) is 42.3 Å². The van der Waals surface area contributed by atoms with Crippen LogP contribution in [0.2, 0.25) is 0 Å². The van der Waals surface area contributed by atoms with Crippen molar-refractivity contribution in [3.63, 3.8) is 0 Å². The molecule has 21 heavy (non-hydrogen) atoms. The highest BCUT2D eigenvalue weighted by Gasteiger charge is 2.17. The van der Waals surface area contributed by atoms with E-state index in [2.05, 4.69) is 27.3 Å². The quantitative estimate of drug-likeness (QED) is 0.821. The van der Waals surface area contributed by atoms with Gasteiger partial charge < -0.3 is 15.8 Å². The average Bonchev–Trinajstić information content (AvgIpc) is 2.89. The summed E-state index contributed by atoms with van der Waals surface area (Å²) in [5.74, 6) is 0.660. The topological polar surface area (TPSA) is 47.3 Å². The summed E-state index contributed by atoms with van der Waals surface area (Å²) in [6.07, 6.45) is 0.930. The smallest absolute Gasteiger partial charge is 0.128 e. The number of nitrogens with one attached hydrogen (secondary N) is 1. The van der Waals surface area contributed by atoms with Crippen molar-refractivity contribution in [1.29, 1.82) is 0 Å². The summed E-state index contributed by atoms with van der Waals surface area (Å²) >= 11 is 3.52. The van der Waals surface area contributed by atoms with Crippen molar-refractivity contribution in [3.8, 4) is 5.75 Å². The Labute approximate surface area is 131 Å². The number of benzene rings is 2. The SMILES string of the molecule is Cc1cc(NCc2cc(Br)cc3c2OCC3)c(N)cc1F. The molecule has 0 spiro atoms. The minimum absolute atomic E-state index is 0.287. The third-order valence-corrected chi connectivity index (χ3v) is 4.08. The average molecular weight is 351 g/mol. The molecule has 5 heteroatoms. The third-order valence-electron chi connectivity index (χ3n) is 3.63. The molecule has 1 heterocycles. The van der Waals surface area contributed by atoms with Crippen LogP contribution in [0.1, 0.15) is 16.7 Å². The Morgan fingerprint density at radius 1 is 1.33 bits per heavy atom. The van der Waals surface area contributed by atoms with Gasteiger partial charge in [-0.1, -0.05) is 15.9 Å². The van der Waals surface area contributed by atoms with Gasteiger partial charge in [-0.15, -0.1) is 0 Å². The van der Waals surface area contributed by atoms with Crippen LogP contribution in [-0.4, -0.2) is 6.61 Å². The van der Waals surface area contributed by atoms with Crippen LogP contribution in [-0.2, 0) is 13.0 Å². The first-order valence-corrected chi connectivity index (χ1v) is 7.57. The summed E-state index contributed by atoms with van der Waals surface area (Å²) < 4.78 is 20.1. The number of aryl methyl sites for hydroxylation is 1. The number of anilines is 2. The van der Waals surface area contributed by atoms with E-state index >= 15 is 0 Å². The zero-order valence-electron chi connectivity index (χ0n) is 11.7. The van der Waals surface area contributed by atoms with Crippen LogP contribution in [0, 0.1) is 12.7 Å². The molecular formula is C16H16BrFN2O. The van der Waals surface area contributed by atoms with Crippen molar-refractivity contribution < 1.29 is 9.13 Å². The number of hydrogen-bond donors (Lipinski definition) is 2. The molecule has 2 aromatic rings. The number of fused-ring (bicyclic) bond motifs is 1. The lowest BCUT2D eigenvalue weighted by molar-refractivity contribution is 0.354. The largest absolute Gasteiger partial charge is 0.493 e. The number of rotatable bonds is 3. The number of nitrogen functional groups attached to an aromatic ring is 1. The fraction of sp³-hybridized carbons (Fsp3) is 0.250. The van der Waals surface area contributed by atoms with Gasteiger partial charge in [0.1, 0.15) is 11.6 Å². The van der Waals surface area contributed by atoms with E-state index in [4.69, 9.17) is 10.5 Å². The van der Waals surface area contributed by atoms with E-state index in [0.717, 1.165) is 34.5 Å². The highest BCUT2D eigenvalue weighted by Crippen LogP contribution is 2.34. The molecule has 2 aromatic carbocycles. The van der Waals surface area contributed by atoms with Crippen LogP contribution >= 0.6 is 15.9 Å². The number of ether oxygens (including phenoxy) is 1. The van der Waals surface area contributed by atoms with E-state index in [0.29, 0.717) is 17.8 Å². The zero-order chi connectivity index (χ0) is 15.0. The number of halogens is 2. The monoisotopic (exact) mass is 350 g/mol. The summed E-state index contributed by atoms with van der Waals surface area (Å²) in [5.41, 5.74) is 9.85. The highest BCUT2D eigenvalue weighted by molar-refractivity contribution is 9.10. The highest BCUT2D eigenvalue weighted by atomic mass is 79.9. The van der Waals surface area contributed by atoms with Crippen LogP contribution in [0.15, 0.2) is 28.7 Å². The summed E-state index contributed by atoms with van der Waals surface area (Å²) in [4.78, 5) is 0. The molecule has 1 aliphatic rings. The van der Waals surface area contributed by atoms with Crippen molar-refractivity contribution in [1.82, 2.24) is 0 Å². The van der Waals surface area contributed by atoms with Gasteiger partial charge in [0.15, 0.2) is 0 Å². The van der Waals surface area contributed by atoms with Gasteiger partial charge in [0.2, 0.25) is 0 Å². The first kappa shape index (κ1) is 14.2. The fourth-order valence-electron chi connectivity index (χ4n) is 2.52. The Morgan fingerprint density at radius 3 is 2.95 bits per heavy atom. The third kappa shape index (κ3) is 2.83. The molecule has 0 aliphatic carbocycles. The normalized spacial score (nSPS) is 12.9. The molecule has 0 aromatic heterocycles. The van der Waals surface area contributed by atoms with E-state index < -0.39 is 0 Å². The lowest BCUT2D eigenvalue weighted by Gasteiger charge is -2.13. The fourth-order valence-corrected chi connectivity index (χ4v) is 3.07. The molecule has 3 N–H and O–H groups in total. The van der Waals surface area contributed by atoms with Gasteiger partial charge in [0, 0.05) is 23.0 Å². The lowest BCUT2D eigenvalue weighted by Crippen LogP contribution is -2.05. The van der Waals surface area contributed by atoms with E-state index in [-0.39, 0.29) is 5.82 Å². The van der Waals surface area contributed by atoms with Crippen molar-refractivity contribution in [2.75, 3.05) is 17.7 Å². The molecular weight excluding hydrogens is 335 g/mol. The second-order valence-corrected chi connectivity index (χ2v) is 6.11. The minimum Gasteiger partial charge on any atom is -0.493 e. The van der Waals surface area contributed by atoms with Gasteiger partial charge in [-0.2, -0.15) is 0 Å². The number of hydrogen-bond acceptors (Lipinski definition) is 3. The van der Waals surface area contributed by atoms with Gasteiger partial charge >= 0.3 is 0 Å². The van der Waals surface area contributed by atoms with Gasteiger partial charge in [0.25, 0.3) is 0 Å². The molecule has 0 saturated carbocycles. The van der Waals surface area contributed by atoms with Crippen molar-refractivity contribution >= 4 is 27.3 Å². The molecule has 0 amide bonds. The zero-order valence-corrected chi connectivity index (χ0v) is 13.3. The maximum Gasteiger partial charge on any atom is 0.128 e. The first-order chi connectivity index (χ1) is 10.0. The molecule has 0 atom stereocenters. The molecule has 3 rings (SSSR count). The molecule has 0 saturated heterocycles. The van der Waals surface area contributed by atoms with Crippen molar-refractivity contribution in [2.24, 2.45) is 0 Å². The van der Waals surface area contributed by atoms with E-state index in [9.17, 15) is 4.39 Å². The Kier molecular flexibility index (Phi) is 3.76. The Bertz CT molecular complexity index is 703. The Balaban J connectivity index is 1.84. The Hall–Kier alpha value is -1.75. The van der Waals surface area contributed by atoms with Crippen LogP contribution < -0.4 is 15.8 Å². The van der Waals surface area contributed by atoms with Crippen molar-refractivity contribution in [3.05, 3.63) is 51.2 Å². The molecule has 0 bridgehead atoms. The maximum absolute atomic E-state index is 13.4. The maximum atomic E-state index is 13.4.